The Morgan fingerprint density at radius 2 is 0.795 bits per heavy atom. The number of ether oxygens (including phenoxy) is 3. The lowest BCUT2D eigenvalue weighted by Crippen LogP contribution is -2.61. The first-order valence-corrected chi connectivity index (χ1v) is 36.1. The van der Waals surface area contributed by atoms with E-state index in [0.717, 1.165) is 70.6 Å². The lowest BCUT2D eigenvalue weighted by atomic mass is 9.99. The highest BCUT2D eigenvalue weighted by Crippen LogP contribution is 2.26. The summed E-state index contributed by atoms with van der Waals surface area (Å²) in [5.74, 6) is -1.18. The third-order valence-corrected chi connectivity index (χ3v) is 17.4. The summed E-state index contributed by atoms with van der Waals surface area (Å²) >= 11 is 0. The molecule has 8 unspecified atom stereocenters. The molecule has 0 aliphatic carbocycles. The Kier molecular flexibility index (Phi) is 57.6. The van der Waals surface area contributed by atoms with E-state index in [1.54, 1.807) is 6.08 Å². The molecular weight excluding hydrogens is 1040 g/mol. The van der Waals surface area contributed by atoms with Crippen LogP contribution in [0.1, 0.15) is 361 Å². The second-order valence-electron chi connectivity index (χ2n) is 25.3. The summed E-state index contributed by atoms with van der Waals surface area (Å²) in [5, 5.41) is 57.3. The zero-order valence-electron chi connectivity index (χ0n) is 54.6. The first kappa shape index (κ1) is 79.2. The maximum atomic E-state index is 13.5. The number of allylic oxidation sites excluding steroid dienone is 3. The fraction of sp³-hybridized carbons (Fsp3) is 0.917. The molecule has 0 saturated carbocycles. The standard InChI is InChI=1S/C72H137NO10/c1-4-7-10-13-16-19-22-25-27-29-30-31-32-33-34-35-37-38-41-44-47-50-53-56-59-65(76)71(80)73-63(64(75)58-55-52-49-46-43-40-24-21-18-15-12-9-6-3)62-81-72-70(69(79)68(78)66(61-74)82-72)83-67(77)60-57-54-51-48-45-42-39-36-28-26-23-20-17-14-11-8-5-2/h26,28,55,58,63-66,68-70,72,74-76,78-79H,4-25,27,29-54,56-57,59-62H2,1-3H3,(H,73,80)/b28-26+,58-55+. The van der Waals surface area contributed by atoms with Crippen LogP contribution >= 0.6 is 0 Å². The Hall–Kier alpha value is -1.86. The molecule has 0 aromatic rings. The molecule has 0 spiro atoms. The van der Waals surface area contributed by atoms with Gasteiger partial charge in [0.2, 0.25) is 5.91 Å². The van der Waals surface area contributed by atoms with E-state index >= 15 is 0 Å². The smallest absolute Gasteiger partial charge is 0.306 e. The van der Waals surface area contributed by atoms with Gasteiger partial charge in [-0.2, -0.15) is 0 Å². The Labute approximate surface area is 511 Å². The van der Waals surface area contributed by atoms with E-state index in [1.165, 1.54) is 244 Å². The van der Waals surface area contributed by atoms with Crippen LogP contribution in [0.4, 0.5) is 0 Å². The molecule has 490 valence electrons. The summed E-state index contributed by atoms with van der Waals surface area (Å²) < 4.78 is 17.7. The number of hydrogen-bond acceptors (Lipinski definition) is 10. The second kappa shape index (κ2) is 60.4. The van der Waals surface area contributed by atoms with E-state index in [1.807, 2.05) is 6.08 Å². The van der Waals surface area contributed by atoms with Gasteiger partial charge in [-0.25, -0.2) is 0 Å². The van der Waals surface area contributed by atoms with Crippen LogP contribution in [0.15, 0.2) is 24.3 Å². The minimum absolute atomic E-state index is 0.123. The van der Waals surface area contributed by atoms with E-state index in [2.05, 4.69) is 38.2 Å². The Morgan fingerprint density at radius 3 is 1.17 bits per heavy atom. The van der Waals surface area contributed by atoms with E-state index in [9.17, 15) is 35.1 Å². The fourth-order valence-electron chi connectivity index (χ4n) is 11.7. The van der Waals surface area contributed by atoms with E-state index in [-0.39, 0.29) is 13.0 Å². The monoisotopic (exact) mass is 1180 g/mol. The van der Waals surface area contributed by atoms with Crippen LogP contribution in [0.2, 0.25) is 0 Å². The van der Waals surface area contributed by atoms with Crippen molar-refractivity contribution in [1.82, 2.24) is 5.32 Å². The first-order valence-electron chi connectivity index (χ1n) is 36.1. The molecule has 1 aliphatic rings. The summed E-state index contributed by atoms with van der Waals surface area (Å²) in [6.07, 6.45) is 62.2. The first-order chi connectivity index (χ1) is 40.7. The number of nitrogens with one attached hydrogen (secondary N) is 1. The number of aliphatic hydroxyl groups is 5. The van der Waals surface area contributed by atoms with Crippen molar-refractivity contribution in [2.75, 3.05) is 13.2 Å². The quantitative estimate of drug-likeness (QED) is 0.0195. The summed E-state index contributed by atoms with van der Waals surface area (Å²) in [4.78, 5) is 26.7. The molecule has 1 rings (SSSR count). The molecule has 0 aromatic heterocycles. The molecule has 0 aromatic carbocycles. The van der Waals surface area contributed by atoms with Gasteiger partial charge in [-0.15, -0.1) is 0 Å². The average Bonchev–Trinajstić information content (AvgIpc) is 3.58. The number of hydrogen-bond donors (Lipinski definition) is 6. The van der Waals surface area contributed by atoms with Crippen LogP contribution in [0, 0.1) is 0 Å². The predicted molar refractivity (Wildman–Crippen MR) is 348 cm³/mol. The van der Waals surface area contributed by atoms with E-state index < -0.39 is 67.4 Å². The Morgan fingerprint density at radius 1 is 0.458 bits per heavy atom. The van der Waals surface area contributed by atoms with Gasteiger partial charge < -0.3 is 45.1 Å². The number of rotatable bonds is 63. The Bertz CT molecular complexity index is 1450. The lowest BCUT2D eigenvalue weighted by Gasteiger charge is -2.41. The number of esters is 1. The van der Waals surface area contributed by atoms with Gasteiger partial charge >= 0.3 is 5.97 Å². The normalized spacial score (nSPS) is 18.6. The molecule has 83 heavy (non-hydrogen) atoms. The van der Waals surface area contributed by atoms with Gasteiger partial charge in [0.25, 0.3) is 0 Å². The fourth-order valence-corrected chi connectivity index (χ4v) is 11.7. The number of aliphatic hydroxyl groups excluding tert-OH is 5. The highest BCUT2D eigenvalue weighted by molar-refractivity contribution is 5.80. The van der Waals surface area contributed by atoms with Crippen molar-refractivity contribution in [2.24, 2.45) is 0 Å². The number of carbonyl (C=O) groups excluding carboxylic acids is 2. The minimum Gasteiger partial charge on any atom is -0.454 e. The van der Waals surface area contributed by atoms with Crippen molar-refractivity contribution in [3.05, 3.63) is 24.3 Å². The van der Waals surface area contributed by atoms with Crippen LogP contribution in [0.25, 0.3) is 0 Å². The molecule has 1 fully saturated rings. The van der Waals surface area contributed by atoms with E-state index in [4.69, 9.17) is 14.2 Å². The van der Waals surface area contributed by atoms with Crippen LogP contribution in [0.5, 0.6) is 0 Å². The molecule has 0 bridgehead atoms. The second-order valence-corrected chi connectivity index (χ2v) is 25.3. The largest absolute Gasteiger partial charge is 0.454 e. The average molecular weight is 1180 g/mol. The lowest BCUT2D eigenvalue weighted by molar-refractivity contribution is -0.305. The summed E-state index contributed by atoms with van der Waals surface area (Å²) in [5.41, 5.74) is 0. The van der Waals surface area contributed by atoms with Crippen LogP contribution in [-0.2, 0) is 23.8 Å². The van der Waals surface area contributed by atoms with Gasteiger partial charge in [-0.05, 0) is 51.4 Å². The summed E-state index contributed by atoms with van der Waals surface area (Å²) in [6.45, 7) is 5.85. The van der Waals surface area contributed by atoms with Gasteiger partial charge in [0.1, 0.15) is 24.4 Å². The van der Waals surface area contributed by atoms with Crippen molar-refractivity contribution in [3.8, 4) is 0 Å². The third-order valence-electron chi connectivity index (χ3n) is 17.4. The van der Waals surface area contributed by atoms with Crippen molar-refractivity contribution in [2.45, 2.75) is 410 Å². The van der Waals surface area contributed by atoms with Crippen molar-refractivity contribution in [1.29, 1.82) is 0 Å². The molecule has 1 amide bonds. The molecule has 1 aliphatic heterocycles. The highest BCUT2D eigenvalue weighted by atomic mass is 16.7. The number of amides is 1. The molecule has 1 heterocycles. The van der Waals surface area contributed by atoms with Crippen molar-refractivity contribution < 1.29 is 49.3 Å². The molecule has 11 heteroatoms. The summed E-state index contributed by atoms with van der Waals surface area (Å²) in [6, 6.07) is -1.02. The minimum atomic E-state index is -1.61. The SMILES string of the molecule is CCCCCCCC/C=C/CCCCCCCCCC(=O)OC1C(OCC(NC(=O)C(O)CCCCCCCCCCCCCCCCCCCCCCCCCC)C(O)/C=C/CCCCCCCCCCCCC)OC(CO)C(O)C1O. The predicted octanol–water partition coefficient (Wildman–Crippen LogP) is 18.4. The Balaban J connectivity index is 2.57. The van der Waals surface area contributed by atoms with Gasteiger partial charge in [-0.1, -0.05) is 328 Å². The maximum absolute atomic E-state index is 13.5. The zero-order valence-corrected chi connectivity index (χ0v) is 54.6. The topological polar surface area (TPSA) is 175 Å². The molecular formula is C72H137NO10. The van der Waals surface area contributed by atoms with Crippen molar-refractivity contribution in [3.63, 3.8) is 0 Å². The number of carbonyl (C=O) groups is 2. The van der Waals surface area contributed by atoms with Crippen molar-refractivity contribution >= 4 is 11.9 Å². The molecule has 8 atom stereocenters. The van der Waals surface area contributed by atoms with Gasteiger partial charge in [0.05, 0.1) is 25.4 Å². The maximum Gasteiger partial charge on any atom is 0.306 e. The molecule has 0 radical (unpaired) electrons. The molecule has 1 saturated heterocycles. The van der Waals surface area contributed by atoms with Gasteiger partial charge in [0, 0.05) is 6.42 Å². The van der Waals surface area contributed by atoms with Crippen LogP contribution in [0.3, 0.4) is 0 Å². The van der Waals surface area contributed by atoms with Gasteiger partial charge in [0.15, 0.2) is 12.4 Å². The molecule has 6 N–H and O–H groups in total. The van der Waals surface area contributed by atoms with Crippen LogP contribution in [-0.4, -0.2) is 99.6 Å². The van der Waals surface area contributed by atoms with Gasteiger partial charge in [-0.3, -0.25) is 9.59 Å². The van der Waals surface area contributed by atoms with E-state index in [0.29, 0.717) is 19.3 Å². The highest BCUT2D eigenvalue weighted by Gasteiger charge is 2.47. The van der Waals surface area contributed by atoms with Crippen LogP contribution < -0.4 is 5.32 Å². The summed E-state index contributed by atoms with van der Waals surface area (Å²) in [7, 11) is 0. The third kappa shape index (κ3) is 47.8. The zero-order chi connectivity index (χ0) is 60.3. The number of unbranched alkanes of at least 4 members (excludes halogenated alkanes) is 47. The molecule has 11 nitrogen and oxygen atoms in total.